The molecule has 0 fully saturated rings. The van der Waals surface area contributed by atoms with Gasteiger partial charge in [0, 0.05) is 17.2 Å². The Hall–Kier alpha value is -2.25. The maximum absolute atomic E-state index is 13.6. The van der Waals surface area contributed by atoms with Gasteiger partial charge in [0.2, 0.25) is 0 Å². The fourth-order valence-corrected chi connectivity index (χ4v) is 2.65. The Balaban J connectivity index is 2.06. The summed E-state index contributed by atoms with van der Waals surface area (Å²) in [7, 11) is 0. The molecule has 0 aliphatic carbocycles. The van der Waals surface area contributed by atoms with Crippen molar-refractivity contribution in [1.29, 1.82) is 0 Å². The number of hydrogen-bond acceptors (Lipinski definition) is 5. The topological polar surface area (TPSA) is 78.8 Å². The van der Waals surface area contributed by atoms with Gasteiger partial charge in [-0.05, 0) is 61.1 Å². The lowest BCUT2D eigenvalue weighted by Crippen LogP contribution is -2.18. The molecule has 7 heteroatoms. The molecule has 0 heterocycles. The van der Waals surface area contributed by atoms with Crippen molar-refractivity contribution >= 4 is 23.5 Å². The second-order valence-electron chi connectivity index (χ2n) is 5.32. The number of thioether (sulfide) groups is 1. The number of carbonyl (C=O) groups excluding carboxylic acids is 1. The van der Waals surface area contributed by atoms with Crippen LogP contribution in [-0.4, -0.2) is 29.2 Å². The first-order chi connectivity index (χ1) is 12.0. The third-order valence-electron chi connectivity index (χ3n) is 3.55. The molecule has 134 valence electrons. The number of phenolic OH excluding ortho intramolecular Hbond substituents is 1. The number of nitrogens with one attached hydrogen (secondary N) is 1. The molecule has 0 aliphatic rings. The van der Waals surface area contributed by atoms with Crippen molar-refractivity contribution in [3.8, 4) is 5.75 Å². The molecular weight excluding hydrogens is 345 g/mol. The Morgan fingerprint density at radius 1 is 1.28 bits per heavy atom. The summed E-state index contributed by atoms with van der Waals surface area (Å²) in [5, 5.41) is 20.9. The summed E-state index contributed by atoms with van der Waals surface area (Å²) in [4.78, 5) is 13.2. The van der Waals surface area contributed by atoms with Crippen LogP contribution in [0.4, 0.5) is 14.9 Å². The van der Waals surface area contributed by atoms with E-state index in [-0.39, 0.29) is 6.61 Å². The fraction of sp³-hybridized carbons (Fsp3) is 0.278. The summed E-state index contributed by atoms with van der Waals surface area (Å²) >= 11 is 1.59. The van der Waals surface area contributed by atoms with Crippen LogP contribution in [0, 0.1) is 5.82 Å². The van der Waals surface area contributed by atoms with Gasteiger partial charge in [-0.2, -0.15) is 0 Å². The van der Waals surface area contributed by atoms with Crippen LogP contribution in [0.5, 0.6) is 5.75 Å². The number of aliphatic hydroxyl groups is 1. The van der Waals surface area contributed by atoms with E-state index >= 15 is 0 Å². The zero-order valence-corrected chi connectivity index (χ0v) is 14.6. The Morgan fingerprint density at radius 3 is 2.60 bits per heavy atom. The molecule has 2 aromatic carbocycles. The van der Waals surface area contributed by atoms with E-state index < -0.39 is 23.8 Å². The molecule has 0 aromatic heterocycles. The van der Waals surface area contributed by atoms with E-state index in [0.717, 1.165) is 11.0 Å². The van der Waals surface area contributed by atoms with Crippen LogP contribution in [0.15, 0.2) is 47.4 Å². The van der Waals surface area contributed by atoms with Crippen molar-refractivity contribution in [2.24, 2.45) is 0 Å². The van der Waals surface area contributed by atoms with Crippen molar-refractivity contribution in [3.05, 3.63) is 53.8 Å². The average Bonchev–Trinajstić information content (AvgIpc) is 2.61. The van der Waals surface area contributed by atoms with Gasteiger partial charge in [-0.15, -0.1) is 11.8 Å². The Morgan fingerprint density at radius 2 is 2.00 bits per heavy atom. The Labute approximate surface area is 149 Å². The number of benzene rings is 2. The number of aliphatic hydroxyl groups excluding tert-OH is 1. The normalized spacial score (nSPS) is 11.8. The second-order valence-corrected chi connectivity index (χ2v) is 6.20. The van der Waals surface area contributed by atoms with Gasteiger partial charge in [-0.25, -0.2) is 9.18 Å². The molecule has 1 atom stereocenters. The van der Waals surface area contributed by atoms with Crippen molar-refractivity contribution < 1.29 is 24.1 Å². The largest absolute Gasteiger partial charge is 0.505 e. The van der Waals surface area contributed by atoms with Gasteiger partial charge in [0.15, 0.2) is 11.6 Å². The van der Waals surface area contributed by atoms with Gasteiger partial charge in [0.05, 0.1) is 0 Å². The van der Waals surface area contributed by atoms with E-state index in [1.54, 1.807) is 23.9 Å². The first kappa shape index (κ1) is 19.1. The lowest BCUT2D eigenvalue weighted by atomic mass is 10.0. The predicted octanol–water partition coefficient (Wildman–Crippen LogP) is 4.32. The van der Waals surface area contributed by atoms with Gasteiger partial charge < -0.3 is 14.9 Å². The number of ether oxygens (including phenoxy) is 1. The molecule has 1 amide bonds. The molecule has 0 radical (unpaired) electrons. The number of rotatable bonds is 7. The van der Waals surface area contributed by atoms with Gasteiger partial charge in [-0.3, -0.25) is 5.32 Å². The number of amides is 1. The minimum Gasteiger partial charge on any atom is -0.505 e. The highest BCUT2D eigenvalue weighted by atomic mass is 32.2. The number of carbonyl (C=O) groups is 1. The maximum Gasteiger partial charge on any atom is 0.412 e. The standard InChI is InChI=1S/C18H20FNO4S/c1-25-14-7-5-13(6-8-14)20-18(23)24-17(3-2-10-21)12-4-9-16(22)15(19)11-12/h4-9,11,17,21-22H,2-3,10H2,1H3,(H,20,23)/t17-/m1/s1. The second kappa shape index (κ2) is 9.29. The van der Waals surface area contributed by atoms with Gasteiger partial charge >= 0.3 is 6.09 Å². The third-order valence-corrected chi connectivity index (χ3v) is 4.30. The van der Waals surface area contributed by atoms with Crippen LogP contribution in [0.1, 0.15) is 24.5 Å². The van der Waals surface area contributed by atoms with Crippen molar-refractivity contribution in [2.45, 2.75) is 23.8 Å². The van der Waals surface area contributed by atoms with Crippen LogP contribution in [0.3, 0.4) is 0 Å². The summed E-state index contributed by atoms with van der Waals surface area (Å²) in [6, 6.07) is 11.1. The number of hydrogen-bond donors (Lipinski definition) is 3. The Kier molecular flexibility index (Phi) is 7.09. The molecule has 0 saturated carbocycles. The molecule has 2 aromatic rings. The van der Waals surface area contributed by atoms with Crippen LogP contribution in [0.2, 0.25) is 0 Å². The van der Waals surface area contributed by atoms with Crippen LogP contribution < -0.4 is 5.32 Å². The fourth-order valence-electron chi connectivity index (χ4n) is 2.24. The van der Waals surface area contributed by atoms with E-state index in [0.29, 0.717) is 24.1 Å². The van der Waals surface area contributed by atoms with E-state index in [2.05, 4.69) is 5.32 Å². The smallest absolute Gasteiger partial charge is 0.412 e. The third kappa shape index (κ3) is 5.65. The molecule has 2 rings (SSSR count). The van der Waals surface area contributed by atoms with Crippen LogP contribution in [0.25, 0.3) is 0 Å². The first-order valence-corrected chi connectivity index (χ1v) is 8.97. The summed E-state index contributed by atoms with van der Waals surface area (Å²) < 4.78 is 18.9. The Bertz CT molecular complexity index is 709. The summed E-state index contributed by atoms with van der Waals surface area (Å²) in [6.45, 7) is -0.0712. The molecular formula is C18H20FNO4S. The highest BCUT2D eigenvalue weighted by Crippen LogP contribution is 2.27. The van der Waals surface area contributed by atoms with E-state index in [1.807, 2.05) is 18.4 Å². The monoisotopic (exact) mass is 365 g/mol. The van der Waals surface area contributed by atoms with Crippen molar-refractivity contribution in [3.63, 3.8) is 0 Å². The SMILES string of the molecule is CSc1ccc(NC(=O)O[C@H](CCCO)c2ccc(O)c(F)c2)cc1. The lowest BCUT2D eigenvalue weighted by molar-refractivity contribution is 0.0992. The zero-order chi connectivity index (χ0) is 18.2. The van der Waals surface area contributed by atoms with Crippen molar-refractivity contribution in [2.75, 3.05) is 18.2 Å². The zero-order valence-electron chi connectivity index (χ0n) is 13.7. The molecule has 5 nitrogen and oxygen atoms in total. The minimum absolute atomic E-state index is 0.0712. The highest BCUT2D eigenvalue weighted by molar-refractivity contribution is 7.98. The van der Waals surface area contributed by atoms with Gasteiger partial charge in [0.1, 0.15) is 6.10 Å². The highest BCUT2D eigenvalue weighted by Gasteiger charge is 2.18. The van der Waals surface area contributed by atoms with Crippen LogP contribution in [-0.2, 0) is 4.74 Å². The summed E-state index contributed by atoms with van der Waals surface area (Å²) in [5.41, 5.74) is 0.997. The molecule has 0 bridgehead atoms. The number of anilines is 1. The van der Waals surface area contributed by atoms with Crippen molar-refractivity contribution in [1.82, 2.24) is 0 Å². The van der Waals surface area contributed by atoms with E-state index in [4.69, 9.17) is 9.84 Å². The first-order valence-electron chi connectivity index (χ1n) is 7.74. The lowest BCUT2D eigenvalue weighted by Gasteiger charge is -2.19. The molecule has 0 unspecified atom stereocenters. The average molecular weight is 365 g/mol. The minimum atomic E-state index is -0.789. The number of halogens is 1. The number of phenols is 1. The predicted molar refractivity (Wildman–Crippen MR) is 95.5 cm³/mol. The molecule has 0 saturated heterocycles. The van der Waals surface area contributed by atoms with Gasteiger partial charge in [0.25, 0.3) is 0 Å². The molecule has 25 heavy (non-hydrogen) atoms. The van der Waals surface area contributed by atoms with Crippen LogP contribution >= 0.6 is 11.8 Å². The quantitative estimate of drug-likeness (QED) is 0.637. The van der Waals surface area contributed by atoms with Gasteiger partial charge in [-0.1, -0.05) is 6.07 Å². The summed E-state index contributed by atoms with van der Waals surface area (Å²) in [5.74, 6) is -1.26. The maximum atomic E-state index is 13.6. The molecule has 3 N–H and O–H groups in total. The summed E-state index contributed by atoms with van der Waals surface area (Å²) in [6.07, 6.45) is 1.28. The van der Waals surface area contributed by atoms with E-state index in [9.17, 15) is 14.3 Å². The molecule has 0 aliphatic heterocycles. The van der Waals surface area contributed by atoms with E-state index in [1.165, 1.54) is 12.1 Å². The molecule has 0 spiro atoms. The number of aromatic hydroxyl groups is 1.